The standard InChI is InChI=1S/C16H20F3N5O/c1-11-8-22(2)15(20-11)12-4-3-6-23(9-12)14(25)10-24-7-5-13(21-24)16(17,18)19/h5,7-8,12H,3-4,6,9-10H2,1-2H3. The van der Waals surface area contributed by atoms with Crippen LogP contribution in [0.5, 0.6) is 0 Å². The molecule has 0 radical (unpaired) electrons. The molecule has 6 nitrogen and oxygen atoms in total. The second kappa shape index (κ2) is 6.53. The van der Waals surface area contributed by atoms with Gasteiger partial charge < -0.3 is 9.47 Å². The van der Waals surface area contributed by atoms with Gasteiger partial charge in [-0.1, -0.05) is 0 Å². The largest absolute Gasteiger partial charge is 0.435 e. The van der Waals surface area contributed by atoms with Crippen molar-refractivity contribution in [2.45, 2.75) is 38.4 Å². The van der Waals surface area contributed by atoms with Crippen molar-refractivity contribution < 1.29 is 18.0 Å². The highest BCUT2D eigenvalue weighted by Crippen LogP contribution is 2.28. The van der Waals surface area contributed by atoms with E-state index in [1.165, 1.54) is 6.20 Å². The predicted octanol–water partition coefficient (Wildman–Crippen LogP) is 2.35. The molecule has 1 atom stereocenters. The molecular formula is C16H20F3N5O. The molecular weight excluding hydrogens is 335 g/mol. The Bertz CT molecular complexity index is 764. The van der Waals surface area contributed by atoms with Gasteiger partial charge in [-0.25, -0.2) is 4.98 Å². The minimum absolute atomic E-state index is 0.139. The van der Waals surface area contributed by atoms with Crippen LogP contribution in [0, 0.1) is 6.92 Å². The van der Waals surface area contributed by atoms with Crippen LogP contribution in [0.1, 0.15) is 36.0 Å². The Hall–Kier alpha value is -2.32. The molecule has 1 fully saturated rings. The van der Waals surface area contributed by atoms with Crippen molar-refractivity contribution in [1.82, 2.24) is 24.2 Å². The third-order valence-corrected chi connectivity index (χ3v) is 4.40. The first-order chi connectivity index (χ1) is 11.7. The van der Waals surface area contributed by atoms with Gasteiger partial charge in [0.15, 0.2) is 5.69 Å². The molecule has 1 aliphatic rings. The van der Waals surface area contributed by atoms with Crippen LogP contribution in [-0.2, 0) is 24.6 Å². The van der Waals surface area contributed by atoms with Crippen molar-refractivity contribution in [2.24, 2.45) is 7.05 Å². The molecule has 2 aromatic heterocycles. The number of hydrogen-bond donors (Lipinski definition) is 0. The smallest absolute Gasteiger partial charge is 0.340 e. The van der Waals surface area contributed by atoms with Crippen LogP contribution < -0.4 is 0 Å². The summed E-state index contributed by atoms with van der Waals surface area (Å²) in [5.41, 5.74) is -0.0579. The summed E-state index contributed by atoms with van der Waals surface area (Å²) < 4.78 is 40.8. The van der Waals surface area contributed by atoms with Crippen molar-refractivity contribution in [1.29, 1.82) is 0 Å². The minimum atomic E-state index is -4.50. The Morgan fingerprint density at radius 1 is 1.40 bits per heavy atom. The van der Waals surface area contributed by atoms with E-state index >= 15 is 0 Å². The van der Waals surface area contributed by atoms with Crippen LogP contribution >= 0.6 is 0 Å². The molecule has 3 heterocycles. The first-order valence-electron chi connectivity index (χ1n) is 8.12. The average molecular weight is 355 g/mol. The summed E-state index contributed by atoms with van der Waals surface area (Å²) >= 11 is 0. The molecule has 2 aromatic rings. The summed E-state index contributed by atoms with van der Waals surface area (Å²) in [6.07, 6.45) is 0.409. The van der Waals surface area contributed by atoms with Crippen LogP contribution in [0.25, 0.3) is 0 Å². The number of imidazole rings is 1. The highest BCUT2D eigenvalue weighted by Gasteiger charge is 2.34. The number of piperidine rings is 1. The summed E-state index contributed by atoms with van der Waals surface area (Å²) in [5.74, 6) is 0.848. The molecule has 25 heavy (non-hydrogen) atoms. The molecule has 9 heteroatoms. The summed E-state index contributed by atoms with van der Waals surface area (Å²) in [4.78, 5) is 18.7. The van der Waals surface area contributed by atoms with Crippen molar-refractivity contribution in [3.05, 3.63) is 35.7 Å². The van der Waals surface area contributed by atoms with Gasteiger partial charge in [-0.15, -0.1) is 0 Å². The van der Waals surface area contributed by atoms with Gasteiger partial charge in [0.25, 0.3) is 0 Å². The molecule has 1 amide bonds. The maximum atomic E-state index is 12.6. The Labute approximate surface area is 143 Å². The summed E-state index contributed by atoms with van der Waals surface area (Å²) in [6.45, 7) is 2.86. The Morgan fingerprint density at radius 2 is 2.16 bits per heavy atom. The van der Waals surface area contributed by atoms with Gasteiger partial charge in [0, 0.05) is 38.4 Å². The monoisotopic (exact) mass is 355 g/mol. The van der Waals surface area contributed by atoms with Gasteiger partial charge in [0.05, 0.1) is 5.69 Å². The zero-order valence-electron chi connectivity index (χ0n) is 14.1. The van der Waals surface area contributed by atoms with E-state index in [1.807, 2.05) is 24.7 Å². The van der Waals surface area contributed by atoms with Crippen LogP contribution in [-0.4, -0.2) is 43.2 Å². The molecule has 0 saturated carbocycles. The third kappa shape index (κ3) is 3.85. The zero-order valence-corrected chi connectivity index (χ0v) is 14.1. The Balaban J connectivity index is 1.66. The van der Waals surface area contributed by atoms with E-state index in [9.17, 15) is 18.0 Å². The first-order valence-corrected chi connectivity index (χ1v) is 8.12. The van der Waals surface area contributed by atoms with E-state index in [2.05, 4.69) is 10.1 Å². The summed E-state index contributed by atoms with van der Waals surface area (Å²) in [5, 5.41) is 3.44. The van der Waals surface area contributed by atoms with Gasteiger partial charge in [0.1, 0.15) is 12.4 Å². The molecule has 1 aliphatic heterocycles. The van der Waals surface area contributed by atoms with Crippen LogP contribution in [0.2, 0.25) is 0 Å². The zero-order chi connectivity index (χ0) is 18.2. The summed E-state index contributed by atoms with van der Waals surface area (Å²) in [7, 11) is 1.93. The van der Waals surface area contributed by atoms with E-state index < -0.39 is 11.9 Å². The van der Waals surface area contributed by atoms with E-state index in [1.54, 1.807) is 4.90 Å². The number of alkyl halides is 3. The number of carbonyl (C=O) groups excluding carboxylic acids is 1. The van der Waals surface area contributed by atoms with Crippen molar-refractivity contribution in [3.8, 4) is 0 Å². The highest BCUT2D eigenvalue weighted by atomic mass is 19.4. The van der Waals surface area contributed by atoms with Crippen molar-refractivity contribution >= 4 is 5.91 Å². The lowest BCUT2D eigenvalue weighted by Crippen LogP contribution is -2.41. The van der Waals surface area contributed by atoms with Gasteiger partial charge in [-0.05, 0) is 25.8 Å². The van der Waals surface area contributed by atoms with Crippen molar-refractivity contribution in [3.63, 3.8) is 0 Å². The lowest BCUT2D eigenvalue weighted by atomic mass is 9.97. The van der Waals surface area contributed by atoms with E-state index in [0.717, 1.165) is 35.1 Å². The molecule has 0 bridgehead atoms. The average Bonchev–Trinajstić information content (AvgIpc) is 3.13. The summed E-state index contributed by atoms with van der Waals surface area (Å²) in [6, 6.07) is 0.878. The number of aromatic nitrogens is 4. The van der Waals surface area contributed by atoms with Crippen LogP contribution in [0.4, 0.5) is 13.2 Å². The fourth-order valence-electron chi connectivity index (χ4n) is 3.27. The highest BCUT2D eigenvalue weighted by molar-refractivity contribution is 5.76. The number of rotatable bonds is 3. The molecule has 0 spiro atoms. The first kappa shape index (κ1) is 17.5. The van der Waals surface area contributed by atoms with Gasteiger partial charge in [0.2, 0.25) is 5.91 Å². The number of carbonyl (C=O) groups is 1. The maximum Gasteiger partial charge on any atom is 0.435 e. The number of halogens is 3. The SMILES string of the molecule is Cc1cn(C)c(C2CCCN(C(=O)Cn3ccc(C(F)(F)F)n3)C2)n1. The molecule has 136 valence electrons. The minimum Gasteiger partial charge on any atom is -0.340 e. The van der Waals surface area contributed by atoms with E-state index in [4.69, 9.17) is 0 Å². The second-order valence-corrected chi connectivity index (χ2v) is 6.43. The fourth-order valence-corrected chi connectivity index (χ4v) is 3.27. The molecule has 1 saturated heterocycles. The third-order valence-electron chi connectivity index (χ3n) is 4.40. The van der Waals surface area contributed by atoms with Gasteiger partial charge >= 0.3 is 6.18 Å². The topological polar surface area (TPSA) is 56.0 Å². The fraction of sp³-hybridized carbons (Fsp3) is 0.562. The maximum absolute atomic E-state index is 12.6. The van der Waals surface area contributed by atoms with E-state index in [0.29, 0.717) is 13.1 Å². The lowest BCUT2D eigenvalue weighted by Gasteiger charge is -2.32. The number of amides is 1. The predicted molar refractivity (Wildman–Crippen MR) is 83.7 cm³/mol. The molecule has 1 unspecified atom stereocenters. The number of hydrogen-bond acceptors (Lipinski definition) is 3. The molecule has 3 rings (SSSR count). The van der Waals surface area contributed by atoms with Crippen molar-refractivity contribution in [2.75, 3.05) is 13.1 Å². The molecule has 0 N–H and O–H groups in total. The molecule has 0 aliphatic carbocycles. The van der Waals surface area contributed by atoms with E-state index in [-0.39, 0.29) is 18.4 Å². The van der Waals surface area contributed by atoms with Gasteiger partial charge in [-0.2, -0.15) is 18.3 Å². The number of likely N-dealkylation sites (tertiary alicyclic amines) is 1. The van der Waals surface area contributed by atoms with Crippen LogP contribution in [0.3, 0.4) is 0 Å². The second-order valence-electron chi connectivity index (χ2n) is 6.43. The number of aryl methyl sites for hydroxylation is 2. The van der Waals surface area contributed by atoms with Crippen LogP contribution in [0.15, 0.2) is 18.5 Å². The molecule has 0 aromatic carbocycles. The Morgan fingerprint density at radius 3 is 2.76 bits per heavy atom. The number of nitrogens with zero attached hydrogens (tertiary/aromatic N) is 5. The quantitative estimate of drug-likeness (QED) is 0.849. The lowest BCUT2D eigenvalue weighted by molar-refractivity contribution is -0.142. The van der Waals surface area contributed by atoms with Gasteiger partial charge in [-0.3, -0.25) is 9.48 Å². The normalized spacial score (nSPS) is 18.6. The Kier molecular flexibility index (Phi) is 4.57.